The van der Waals surface area contributed by atoms with Crippen LogP contribution >= 0.6 is 7.80 Å². The predicted molar refractivity (Wildman–Crippen MR) is 114 cm³/mol. The van der Waals surface area contributed by atoms with Crippen molar-refractivity contribution in [1.29, 1.82) is 0 Å². The normalized spacial score (nSPS) is 16.1. The lowest BCUT2D eigenvalue weighted by Crippen LogP contribution is -2.35. The molecule has 1 atom stereocenters. The third kappa shape index (κ3) is 3.37. The van der Waals surface area contributed by atoms with E-state index in [0.717, 1.165) is 40.7 Å². The lowest BCUT2D eigenvalue weighted by atomic mass is 9.88. The van der Waals surface area contributed by atoms with Crippen molar-refractivity contribution in [3.63, 3.8) is 0 Å². The van der Waals surface area contributed by atoms with E-state index in [-0.39, 0.29) is 11.3 Å². The number of carbonyl (C=O) groups excluding carboxylic acids is 2. The molecule has 0 saturated heterocycles. The van der Waals surface area contributed by atoms with E-state index >= 15 is 0 Å². The van der Waals surface area contributed by atoms with E-state index < -0.39 is 13.0 Å². The van der Waals surface area contributed by atoms with Gasteiger partial charge in [0.1, 0.15) is 0 Å². The lowest BCUT2D eigenvalue weighted by molar-refractivity contribution is 0.0930. The van der Waals surface area contributed by atoms with E-state index in [1.165, 1.54) is 0 Å². The zero-order valence-electron chi connectivity index (χ0n) is 17.4. The molecular formula is C24H28O3P+. The van der Waals surface area contributed by atoms with Gasteiger partial charge in [0, 0.05) is 18.4 Å². The van der Waals surface area contributed by atoms with Crippen molar-refractivity contribution in [2.24, 2.45) is 0 Å². The molecule has 0 N–H and O–H groups in total. The molecule has 146 valence electrons. The fourth-order valence-electron chi connectivity index (χ4n) is 4.70. The highest BCUT2D eigenvalue weighted by Gasteiger charge is 2.61. The molecule has 0 heterocycles. The maximum atomic E-state index is 13.7. The number of hydrogen-bond acceptors (Lipinski definition) is 3. The number of hydrogen-bond donors (Lipinski definition) is 0. The molecule has 0 bridgehead atoms. The van der Waals surface area contributed by atoms with Gasteiger partial charge < -0.3 is 0 Å². The molecular weight excluding hydrogens is 367 g/mol. The Morgan fingerprint density at radius 3 is 1.82 bits per heavy atom. The Kier molecular flexibility index (Phi) is 5.68. The molecule has 1 fully saturated rings. The summed E-state index contributed by atoms with van der Waals surface area (Å²) in [5, 5.41) is -1.08. The van der Waals surface area contributed by atoms with Crippen LogP contribution in [0.15, 0.2) is 30.3 Å². The second-order valence-corrected chi connectivity index (χ2v) is 10.1. The Morgan fingerprint density at radius 1 is 0.821 bits per heavy atom. The fourth-order valence-corrected chi connectivity index (χ4v) is 6.66. The van der Waals surface area contributed by atoms with Crippen LogP contribution in [0.2, 0.25) is 0 Å². The van der Waals surface area contributed by atoms with Gasteiger partial charge in [-0.3, -0.25) is 4.79 Å². The minimum Gasteiger partial charge on any atom is -0.289 e. The molecule has 0 aliphatic heterocycles. The number of rotatable bonds is 5. The van der Waals surface area contributed by atoms with Gasteiger partial charge in [-0.15, -0.1) is 0 Å². The highest BCUT2D eigenvalue weighted by atomic mass is 31.1. The van der Waals surface area contributed by atoms with Gasteiger partial charge in [0.25, 0.3) is 0 Å². The summed E-state index contributed by atoms with van der Waals surface area (Å²) < 4.78 is 13.7. The first-order valence-corrected chi connectivity index (χ1v) is 11.2. The number of ketones is 1. The molecule has 0 spiro atoms. The minimum absolute atomic E-state index is 0.110. The Bertz CT molecular complexity index is 938. The van der Waals surface area contributed by atoms with Crippen molar-refractivity contribution >= 4 is 19.1 Å². The summed E-state index contributed by atoms with van der Waals surface area (Å²) in [6.45, 7) is 9.58. The van der Waals surface area contributed by atoms with E-state index in [1.807, 2.05) is 65.0 Å². The van der Waals surface area contributed by atoms with Crippen molar-refractivity contribution in [2.45, 2.75) is 65.5 Å². The average molecular weight is 395 g/mol. The molecule has 0 aromatic heterocycles. The van der Waals surface area contributed by atoms with E-state index in [4.69, 9.17) is 0 Å². The molecule has 1 saturated carbocycles. The van der Waals surface area contributed by atoms with Crippen LogP contribution in [0, 0.1) is 34.6 Å². The number of aryl methyl sites for hydroxylation is 5. The van der Waals surface area contributed by atoms with Crippen molar-refractivity contribution < 1.29 is 14.2 Å². The first kappa shape index (κ1) is 20.6. The molecule has 3 nitrogen and oxygen atoms in total. The third-order valence-electron chi connectivity index (χ3n) is 6.03. The quantitative estimate of drug-likeness (QED) is 0.435. The van der Waals surface area contributed by atoms with Crippen LogP contribution in [0.3, 0.4) is 0 Å². The van der Waals surface area contributed by atoms with Crippen LogP contribution in [0.1, 0.15) is 74.2 Å². The maximum Gasteiger partial charge on any atom is 0.434 e. The smallest absolute Gasteiger partial charge is 0.289 e. The number of benzene rings is 2. The van der Waals surface area contributed by atoms with E-state index in [0.29, 0.717) is 24.0 Å². The van der Waals surface area contributed by atoms with E-state index in [9.17, 15) is 14.2 Å². The van der Waals surface area contributed by atoms with Crippen molar-refractivity contribution in [3.05, 3.63) is 69.3 Å². The average Bonchev–Trinajstić information content (AvgIpc) is 3.10. The topological polar surface area (TPSA) is 51.2 Å². The SMILES string of the molecule is Cc1cc(C)c(C(=O)C2([P+](=O)C(=O)c3c(C)cccc3C)CCCC2)c(C)c1. The van der Waals surface area contributed by atoms with Gasteiger partial charge in [-0.1, -0.05) is 40.5 Å². The van der Waals surface area contributed by atoms with Crippen LogP contribution in [-0.2, 0) is 4.57 Å². The molecule has 1 aliphatic rings. The molecule has 2 aromatic carbocycles. The summed E-state index contributed by atoms with van der Waals surface area (Å²) in [6, 6.07) is 9.60. The molecule has 2 aromatic rings. The number of carbonyl (C=O) groups is 2. The predicted octanol–water partition coefficient (Wildman–Crippen LogP) is 6.39. The summed E-state index contributed by atoms with van der Waals surface area (Å²) in [4.78, 5) is 27.0. The van der Waals surface area contributed by atoms with Crippen LogP contribution in [0.4, 0.5) is 0 Å². The standard InChI is InChI=1S/C24H28O3P/c1-15-13-18(4)20(19(5)14-15)22(25)24(11-6-7-12-24)28(27)23(26)21-16(2)9-8-10-17(21)3/h8-10,13-14H,6-7,11-12H2,1-5H3/q+1. The van der Waals surface area contributed by atoms with Gasteiger partial charge in [-0.25, -0.2) is 4.79 Å². The fraction of sp³-hybridized carbons (Fsp3) is 0.417. The molecule has 4 heteroatoms. The summed E-state index contributed by atoms with van der Waals surface area (Å²) in [6.07, 6.45) is 2.70. The van der Waals surface area contributed by atoms with Crippen LogP contribution in [0.5, 0.6) is 0 Å². The summed E-state index contributed by atoms with van der Waals surface area (Å²) >= 11 is 0. The largest absolute Gasteiger partial charge is 0.434 e. The van der Waals surface area contributed by atoms with Crippen LogP contribution < -0.4 is 0 Å². The highest BCUT2D eigenvalue weighted by Crippen LogP contribution is 2.54. The monoisotopic (exact) mass is 395 g/mol. The van der Waals surface area contributed by atoms with Gasteiger partial charge in [0.2, 0.25) is 10.9 Å². The van der Waals surface area contributed by atoms with Gasteiger partial charge >= 0.3 is 13.3 Å². The van der Waals surface area contributed by atoms with Crippen LogP contribution in [0.25, 0.3) is 0 Å². The van der Waals surface area contributed by atoms with Crippen molar-refractivity contribution in [1.82, 2.24) is 0 Å². The Hall–Kier alpha value is -2.12. The molecule has 1 aliphatic carbocycles. The Morgan fingerprint density at radius 2 is 1.32 bits per heavy atom. The minimum atomic E-state index is -2.37. The molecule has 3 rings (SSSR count). The molecule has 28 heavy (non-hydrogen) atoms. The number of Topliss-reactive ketones (excluding diaryl/α,β-unsaturated/α-hetero) is 1. The lowest BCUT2D eigenvalue weighted by Gasteiger charge is -2.20. The molecule has 0 amide bonds. The van der Waals surface area contributed by atoms with Gasteiger partial charge in [-0.05, 0) is 69.7 Å². The van der Waals surface area contributed by atoms with E-state index in [2.05, 4.69) is 0 Å². The summed E-state index contributed by atoms with van der Waals surface area (Å²) in [5.41, 5.74) is 5.32. The zero-order chi connectivity index (χ0) is 20.6. The molecule has 0 radical (unpaired) electrons. The van der Waals surface area contributed by atoms with Crippen molar-refractivity contribution in [3.8, 4) is 0 Å². The van der Waals surface area contributed by atoms with Crippen LogP contribution in [-0.4, -0.2) is 16.5 Å². The second kappa shape index (κ2) is 7.72. The molecule has 1 unspecified atom stereocenters. The van der Waals surface area contributed by atoms with Crippen molar-refractivity contribution in [2.75, 3.05) is 0 Å². The van der Waals surface area contributed by atoms with Gasteiger partial charge in [0.05, 0.1) is 5.56 Å². The third-order valence-corrected chi connectivity index (χ3v) is 8.05. The first-order chi connectivity index (χ1) is 13.2. The summed E-state index contributed by atoms with van der Waals surface area (Å²) in [7, 11) is -2.37. The highest BCUT2D eigenvalue weighted by molar-refractivity contribution is 7.67. The van der Waals surface area contributed by atoms with E-state index in [1.54, 1.807) is 0 Å². The second-order valence-electron chi connectivity index (χ2n) is 8.21. The zero-order valence-corrected chi connectivity index (χ0v) is 18.3. The Labute approximate surface area is 168 Å². The van der Waals surface area contributed by atoms with Gasteiger partial charge in [-0.2, -0.15) is 0 Å². The first-order valence-electron chi connectivity index (χ1n) is 9.89. The van der Waals surface area contributed by atoms with Gasteiger partial charge in [0.15, 0.2) is 0 Å². The Balaban J connectivity index is 2.09. The summed E-state index contributed by atoms with van der Waals surface area (Å²) in [5.74, 6) is -0.110. The maximum absolute atomic E-state index is 13.7.